The number of piperazine rings is 1. The van der Waals surface area contributed by atoms with Crippen molar-refractivity contribution >= 4 is 5.95 Å². The summed E-state index contributed by atoms with van der Waals surface area (Å²) < 4.78 is 0. The van der Waals surface area contributed by atoms with Gasteiger partial charge in [-0.05, 0) is 43.4 Å². The molecule has 1 aliphatic heterocycles. The van der Waals surface area contributed by atoms with E-state index in [1.54, 1.807) is 0 Å². The Kier molecular flexibility index (Phi) is 3.15. The van der Waals surface area contributed by atoms with Crippen molar-refractivity contribution in [2.24, 2.45) is 0 Å². The molecule has 0 spiro atoms. The fraction of sp³-hybridized carbons (Fsp3) is 0.500. The number of aromatic nitrogens is 3. The number of fused-ring (bicyclic) bond motifs is 1. The molecule has 1 fully saturated rings. The van der Waals surface area contributed by atoms with Crippen LogP contribution in [0, 0.1) is 0 Å². The van der Waals surface area contributed by atoms with Gasteiger partial charge in [0.05, 0.1) is 0 Å². The molecule has 0 radical (unpaired) electrons. The Balaban J connectivity index is 1.59. The van der Waals surface area contributed by atoms with Gasteiger partial charge >= 0.3 is 0 Å². The average molecular weight is 283 g/mol. The van der Waals surface area contributed by atoms with Crippen LogP contribution in [0.3, 0.4) is 0 Å². The van der Waals surface area contributed by atoms with E-state index in [9.17, 15) is 0 Å². The fourth-order valence-electron chi connectivity index (χ4n) is 3.36. The molecule has 21 heavy (non-hydrogen) atoms. The van der Waals surface area contributed by atoms with Crippen LogP contribution in [0.25, 0.3) is 11.4 Å². The third kappa shape index (κ3) is 2.42. The summed E-state index contributed by atoms with van der Waals surface area (Å²) in [5.74, 6) is 1.70. The van der Waals surface area contributed by atoms with Crippen molar-refractivity contribution in [2.45, 2.75) is 32.2 Å². The molecule has 1 aliphatic carbocycles. The third-order valence-electron chi connectivity index (χ3n) is 4.50. The molecule has 2 N–H and O–H groups in total. The number of nitrogens with one attached hydrogen (secondary N) is 2. The first-order valence-electron chi connectivity index (χ1n) is 7.82. The number of aromatic amines is 1. The van der Waals surface area contributed by atoms with Crippen LogP contribution >= 0.6 is 0 Å². The highest BCUT2D eigenvalue weighted by atomic mass is 15.4. The lowest BCUT2D eigenvalue weighted by Gasteiger charge is -2.30. The fourth-order valence-corrected chi connectivity index (χ4v) is 3.36. The molecule has 0 unspecified atom stereocenters. The second-order valence-electron chi connectivity index (χ2n) is 6.12. The van der Waals surface area contributed by atoms with Gasteiger partial charge in [0, 0.05) is 31.2 Å². The number of nitrogens with zero attached hydrogens (tertiary/aromatic N) is 3. The molecule has 2 aliphatic rings. The summed E-state index contributed by atoms with van der Waals surface area (Å²) in [6, 6.07) is 7.16. The zero-order chi connectivity index (χ0) is 14.2. The molecule has 1 aromatic carbocycles. The Morgan fingerprint density at radius 1 is 1.24 bits per heavy atom. The smallest absolute Gasteiger partial charge is 0.245 e. The highest BCUT2D eigenvalue weighted by Crippen LogP contribution is 2.27. The predicted molar refractivity (Wildman–Crippen MR) is 83.5 cm³/mol. The van der Waals surface area contributed by atoms with Gasteiger partial charge in [-0.2, -0.15) is 4.98 Å². The van der Waals surface area contributed by atoms with Crippen molar-refractivity contribution in [3.63, 3.8) is 0 Å². The van der Waals surface area contributed by atoms with E-state index in [2.05, 4.69) is 45.5 Å². The van der Waals surface area contributed by atoms with Crippen molar-refractivity contribution in [1.82, 2.24) is 20.5 Å². The first-order valence-corrected chi connectivity index (χ1v) is 7.82. The quantitative estimate of drug-likeness (QED) is 0.882. The van der Waals surface area contributed by atoms with Gasteiger partial charge in [0.15, 0.2) is 5.82 Å². The van der Waals surface area contributed by atoms with Crippen LogP contribution < -0.4 is 10.2 Å². The minimum atomic E-state index is 0.487. The number of hydrogen-bond donors (Lipinski definition) is 2. The van der Waals surface area contributed by atoms with E-state index < -0.39 is 0 Å². The molecule has 5 nitrogen and oxygen atoms in total. The Labute approximate surface area is 124 Å². The van der Waals surface area contributed by atoms with E-state index >= 15 is 0 Å². The van der Waals surface area contributed by atoms with Crippen molar-refractivity contribution in [3.8, 4) is 11.4 Å². The molecule has 1 saturated heterocycles. The van der Waals surface area contributed by atoms with Crippen LogP contribution in [0.15, 0.2) is 18.2 Å². The van der Waals surface area contributed by atoms with E-state index in [4.69, 9.17) is 4.98 Å². The second-order valence-corrected chi connectivity index (χ2v) is 6.12. The molecular formula is C16H21N5. The van der Waals surface area contributed by atoms with Gasteiger partial charge in [-0.3, -0.25) is 5.10 Å². The third-order valence-corrected chi connectivity index (χ3v) is 4.50. The van der Waals surface area contributed by atoms with Crippen LogP contribution in [0.5, 0.6) is 0 Å². The minimum absolute atomic E-state index is 0.487. The van der Waals surface area contributed by atoms with E-state index in [-0.39, 0.29) is 0 Å². The molecule has 2 aromatic rings. The SMILES string of the molecule is C[C@H]1CN(c2n[nH]c(-c3ccc4c(c3)CCC4)n2)CCN1. The molecule has 0 amide bonds. The van der Waals surface area contributed by atoms with Crippen LogP contribution in [-0.4, -0.2) is 40.9 Å². The zero-order valence-corrected chi connectivity index (χ0v) is 12.4. The lowest BCUT2D eigenvalue weighted by atomic mass is 10.1. The van der Waals surface area contributed by atoms with Gasteiger partial charge in [-0.25, -0.2) is 0 Å². The summed E-state index contributed by atoms with van der Waals surface area (Å²) in [4.78, 5) is 6.94. The van der Waals surface area contributed by atoms with Crippen molar-refractivity contribution < 1.29 is 0 Å². The minimum Gasteiger partial charge on any atom is -0.337 e. The lowest BCUT2D eigenvalue weighted by molar-refractivity contribution is 0.480. The maximum atomic E-state index is 4.70. The standard InChI is InChI=1S/C16H21N5/c1-11-10-21(8-7-17-11)16-18-15(19-20-16)14-6-5-12-3-2-4-13(12)9-14/h5-6,9,11,17H,2-4,7-8,10H2,1H3,(H,18,19,20)/t11-/m0/s1. The number of anilines is 1. The number of aryl methyl sites for hydroxylation is 2. The number of rotatable bonds is 2. The molecule has 2 heterocycles. The van der Waals surface area contributed by atoms with E-state index in [1.807, 2.05) is 0 Å². The largest absolute Gasteiger partial charge is 0.337 e. The second kappa shape index (κ2) is 5.15. The summed E-state index contributed by atoms with van der Waals surface area (Å²) in [6.45, 7) is 5.11. The number of H-pyrrole nitrogens is 1. The maximum absolute atomic E-state index is 4.70. The van der Waals surface area contributed by atoms with Crippen molar-refractivity contribution in [3.05, 3.63) is 29.3 Å². The molecule has 5 heteroatoms. The summed E-state index contributed by atoms with van der Waals surface area (Å²) in [5.41, 5.74) is 4.12. The molecule has 4 rings (SSSR count). The average Bonchev–Trinajstić information content (AvgIpc) is 3.15. The van der Waals surface area contributed by atoms with Gasteiger partial charge in [-0.15, -0.1) is 5.10 Å². The monoisotopic (exact) mass is 283 g/mol. The van der Waals surface area contributed by atoms with Crippen LogP contribution in [0.4, 0.5) is 5.95 Å². The Morgan fingerprint density at radius 3 is 3.05 bits per heavy atom. The van der Waals surface area contributed by atoms with Gasteiger partial charge in [-0.1, -0.05) is 12.1 Å². The van der Waals surface area contributed by atoms with E-state index in [1.165, 1.54) is 30.4 Å². The zero-order valence-electron chi connectivity index (χ0n) is 12.4. The van der Waals surface area contributed by atoms with Gasteiger partial charge in [0.25, 0.3) is 0 Å². The molecule has 0 saturated carbocycles. The molecule has 1 atom stereocenters. The normalized spacial score (nSPS) is 21.6. The lowest BCUT2D eigenvalue weighted by Crippen LogP contribution is -2.49. The first-order chi connectivity index (χ1) is 10.3. The predicted octanol–water partition coefficient (Wildman–Crippen LogP) is 1.76. The van der Waals surface area contributed by atoms with Gasteiger partial charge in [0.2, 0.25) is 5.95 Å². The number of hydrogen-bond acceptors (Lipinski definition) is 4. The Morgan fingerprint density at radius 2 is 2.14 bits per heavy atom. The van der Waals surface area contributed by atoms with Crippen molar-refractivity contribution in [2.75, 3.05) is 24.5 Å². The summed E-state index contributed by atoms with van der Waals surface area (Å²) >= 11 is 0. The first kappa shape index (κ1) is 12.8. The molecule has 1 aromatic heterocycles. The number of benzene rings is 1. The van der Waals surface area contributed by atoms with E-state index in [0.29, 0.717) is 6.04 Å². The van der Waals surface area contributed by atoms with E-state index in [0.717, 1.165) is 37.0 Å². The van der Waals surface area contributed by atoms with Gasteiger partial charge < -0.3 is 10.2 Å². The van der Waals surface area contributed by atoms with Gasteiger partial charge in [0.1, 0.15) is 0 Å². The summed E-state index contributed by atoms with van der Waals surface area (Å²) in [6.07, 6.45) is 3.69. The molecular weight excluding hydrogens is 262 g/mol. The molecule has 0 bridgehead atoms. The van der Waals surface area contributed by atoms with Crippen LogP contribution in [0.1, 0.15) is 24.5 Å². The Bertz CT molecular complexity index is 648. The van der Waals surface area contributed by atoms with Crippen molar-refractivity contribution in [1.29, 1.82) is 0 Å². The van der Waals surface area contributed by atoms with Crippen LogP contribution in [-0.2, 0) is 12.8 Å². The summed E-state index contributed by atoms with van der Waals surface area (Å²) in [7, 11) is 0. The van der Waals surface area contributed by atoms with Crippen LogP contribution in [0.2, 0.25) is 0 Å². The Hall–Kier alpha value is -1.88. The topological polar surface area (TPSA) is 56.8 Å². The highest BCUT2D eigenvalue weighted by Gasteiger charge is 2.20. The maximum Gasteiger partial charge on any atom is 0.245 e. The highest BCUT2D eigenvalue weighted by molar-refractivity contribution is 5.59. The summed E-state index contributed by atoms with van der Waals surface area (Å²) in [5, 5.41) is 10.9. The molecule has 110 valence electrons.